The summed E-state index contributed by atoms with van der Waals surface area (Å²) in [4.78, 5) is 10.9. The molecule has 0 fully saturated rings. The number of hydrogen-bond donors (Lipinski definition) is 3. The fourth-order valence-electron chi connectivity index (χ4n) is 1.82. The predicted octanol–water partition coefficient (Wildman–Crippen LogP) is 0.358. The summed E-state index contributed by atoms with van der Waals surface area (Å²) in [6, 6.07) is 3.19. The molecular formula is C12H18N2O5S. The molecule has 0 radical (unpaired) electrons. The molecule has 20 heavy (non-hydrogen) atoms. The van der Waals surface area contributed by atoms with Gasteiger partial charge in [-0.1, -0.05) is 0 Å². The Morgan fingerprint density at radius 3 is 2.45 bits per heavy atom. The van der Waals surface area contributed by atoms with Crippen LogP contribution in [0.3, 0.4) is 0 Å². The van der Waals surface area contributed by atoms with Crippen LogP contribution < -0.4 is 5.73 Å². The third kappa shape index (κ3) is 3.27. The second kappa shape index (κ2) is 6.21. The van der Waals surface area contributed by atoms with Crippen LogP contribution >= 0.6 is 0 Å². The highest BCUT2D eigenvalue weighted by atomic mass is 32.2. The molecule has 0 atom stereocenters. The number of nitrogens with two attached hydrogens (primary N) is 1. The van der Waals surface area contributed by atoms with E-state index in [-0.39, 0.29) is 29.3 Å². The van der Waals surface area contributed by atoms with Gasteiger partial charge in [-0.15, -0.1) is 0 Å². The first kappa shape index (κ1) is 16.4. The van der Waals surface area contributed by atoms with Crippen molar-refractivity contribution in [2.45, 2.75) is 24.8 Å². The maximum Gasteiger partial charge on any atom is 0.337 e. The van der Waals surface area contributed by atoms with Crippen LogP contribution in [0.1, 0.15) is 24.2 Å². The molecule has 1 aromatic rings. The largest absolute Gasteiger partial charge is 0.478 e. The van der Waals surface area contributed by atoms with E-state index < -0.39 is 22.0 Å². The number of carbonyl (C=O) groups is 1. The lowest BCUT2D eigenvalue weighted by atomic mass is 10.2. The average Bonchev–Trinajstić information content (AvgIpc) is 2.34. The zero-order valence-electron chi connectivity index (χ0n) is 11.3. The molecule has 4 N–H and O–H groups in total. The lowest BCUT2D eigenvalue weighted by Gasteiger charge is -2.25. The van der Waals surface area contributed by atoms with Crippen LogP contribution in [0.4, 0.5) is 5.69 Å². The van der Waals surface area contributed by atoms with Crippen LogP contribution in [0.25, 0.3) is 0 Å². The van der Waals surface area contributed by atoms with E-state index in [9.17, 15) is 13.2 Å². The van der Waals surface area contributed by atoms with E-state index in [1.807, 2.05) is 0 Å². The van der Waals surface area contributed by atoms with Crippen molar-refractivity contribution >= 4 is 21.7 Å². The van der Waals surface area contributed by atoms with Crippen molar-refractivity contribution in [2.24, 2.45) is 0 Å². The van der Waals surface area contributed by atoms with Gasteiger partial charge in [0.1, 0.15) is 0 Å². The molecule has 0 aliphatic heterocycles. The molecule has 0 bridgehead atoms. The molecule has 1 rings (SSSR count). The Balaban J connectivity index is 3.45. The van der Waals surface area contributed by atoms with E-state index >= 15 is 0 Å². The third-order valence-electron chi connectivity index (χ3n) is 2.72. The zero-order chi connectivity index (χ0) is 15.5. The number of nitrogens with zero attached hydrogens (tertiary/aromatic N) is 1. The predicted molar refractivity (Wildman–Crippen MR) is 73.9 cm³/mol. The van der Waals surface area contributed by atoms with Crippen LogP contribution in [0, 0.1) is 0 Å². The summed E-state index contributed by atoms with van der Waals surface area (Å²) in [5, 5.41) is 18.1. The van der Waals surface area contributed by atoms with Gasteiger partial charge in [-0.3, -0.25) is 0 Å². The van der Waals surface area contributed by atoms with Crippen LogP contribution in [-0.4, -0.2) is 48.1 Å². The van der Waals surface area contributed by atoms with Gasteiger partial charge in [0.05, 0.1) is 17.1 Å². The molecule has 8 heteroatoms. The summed E-state index contributed by atoms with van der Waals surface area (Å²) in [5.74, 6) is -1.37. The van der Waals surface area contributed by atoms with E-state index in [2.05, 4.69) is 0 Å². The Morgan fingerprint density at radius 1 is 1.40 bits per heavy atom. The van der Waals surface area contributed by atoms with E-state index in [0.717, 1.165) is 10.4 Å². The number of rotatable bonds is 6. The topological polar surface area (TPSA) is 121 Å². The van der Waals surface area contributed by atoms with Gasteiger partial charge >= 0.3 is 5.97 Å². The van der Waals surface area contributed by atoms with Crippen molar-refractivity contribution in [2.75, 3.05) is 18.9 Å². The van der Waals surface area contributed by atoms with Crippen LogP contribution in [0.15, 0.2) is 23.1 Å². The number of carboxylic acids is 1. The Kier molecular flexibility index (Phi) is 5.09. The van der Waals surface area contributed by atoms with Gasteiger partial charge in [0.2, 0.25) is 10.0 Å². The fourth-order valence-corrected chi connectivity index (χ4v) is 3.61. The minimum atomic E-state index is -4.02. The summed E-state index contributed by atoms with van der Waals surface area (Å²) in [6.45, 7) is 2.83. The second-order valence-corrected chi connectivity index (χ2v) is 6.35. The Labute approximate surface area is 117 Å². The molecule has 112 valence electrons. The number of aliphatic hydroxyl groups is 1. The molecule has 0 heterocycles. The van der Waals surface area contributed by atoms with E-state index in [0.29, 0.717) is 0 Å². The van der Waals surface area contributed by atoms with Gasteiger partial charge in [-0.05, 0) is 32.0 Å². The maximum atomic E-state index is 12.5. The number of aromatic carboxylic acids is 1. The Bertz CT molecular complexity index is 598. The summed E-state index contributed by atoms with van der Waals surface area (Å²) < 4.78 is 26.1. The lowest BCUT2D eigenvalue weighted by molar-refractivity contribution is 0.0692. The molecule has 0 aliphatic carbocycles. The lowest BCUT2D eigenvalue weighted by Crippen LogP contribution is -2.39. The molecule has 0 aromatic heterocycles. The van der Waals surface area contributed by atoms with Crippen molar-refractivity contribution in [3.05, 3.63) is 23.8 Å². The van der Waals surface area contributed by atoms with Crippen LogP contribution in [-0.2, 0) is 10.0 Å². The summed E-state index contributed by atoms with van der Waals surface area (Å²) in [7, 11) is -4.02. The molecule has 1 aromatic carbocycles. The van der Waals surface area contributed by atoms with E-state index in [4.69, 9.17) is 15.9 Å². The highest BCUT2D eigenvalue weighted by Crippen LogP contribution is 2.24. The fraction of sp³-hybridized carbons (Fsp3) is 0.417. The second-order valence-electron chi connectivity index (χ2n) is 4.49. The molecule has 0 spiro atoms. The Hall–Kier alpha value is -1.64. The minimum absolute atomic E-state index is 0.108. The first-order valence-electron chi connectivity index (χ1n) is 5.97. The van der Waals surface area contributed by atoms with Crippen molar-refractivity contribution in [1.82, 2.24) is 4.31 Å². The van der Waals surface area contributed by atoms with Crippen LogP contribution in [0.2, 0.25) is 0 Å². The minimum Gasteiger partial charge on any atom is -0.478 e. The number of benzene rings is 1. The number of carboxylic acid groups (broad SMARTS) is 1. The van der Waals surface area contributed by atoms with Gasteiger partial charge in [-0.25, -0.2) is 13.2 Å². The van der Waals surface area contributed by atoms with E-state index in [1.54, 1.807) is 13.8 Å². The highest BCUT2D eigenvalue weighted by Gasteiger charge is 2.30. The van der Waals surface area contributed by atoms with Crippen LogP contribution in [0.5, 0.6) is 0 Å². The van der Waals surface area contributed by atoms with Crippen molar-refractivity contribution in [3.63, 3.8) is 0 Å². The van der Waals surface area contributed by atoms with Gasteiger partial charge in [0, 0.05) is 18.3 Å². The highest BCUT2D eigenvalue weighted by molar-refractivity contribution is 7.89. The summed E-state index contributed by atoms with van der Waals surface area (Å²) >= 11 is 0. The van der Waals surface area contributed by atoms with Crippen molar-refractivity contribution in [1.29, 1.82) is 0 Å². The average molecular weight is 302 g/mol. The first-order chi connectivity index (χ1) is 9.21. The maximum absolute atomic E-state index is 12.5. The van der Waals surface area contributed by atoms with Gasteiger partial charge < -0.3 is 15.9 Å². The quantitative estimate of drug-likeness (QED) is 0.652. The molecule has 0 aliphatic rings. The molecule has 0 amide bonds. The summed E-state index contributed by atoms with van der Waals surface area (Å²) in [6.07, 6.45) is 0. The van der Waals surface area contributed by atoms with Crippen molar-refractivity contribution in [3.8, 4) is 0 Å². The van der Waals surface area contributed by atoms with Gasteiger partial charge in [-0.2, -0.15) is 4.31 Å². The molecule has 7 nitrogen and oxygen atoms in total. The zero-order valence-corrected chi connectivity index (χ0v) is 12.1. The van der Waals surface area contributed by atoms with Gasteiger partial charge in [0.25, 0.3) is 0 Å². The molecule has 0 saturated heterocycles. The van der Waals surface area contributed by atoms with Crippen molar-refractivity contribution < 1.29 is 23.4 Å². The monoisotopic (exact) mass is 302 g/mol. The number of nitrogen functional groups attached to an aromatic ring is 1. The standard InChI is InChI=1S/C12H18N2O5S/c1-8(2)14(5-6-15)20(18,19)11-4-3-9(13)7-10(11)12(16)17/h3-4,7-8,15H,5-6,13H2,1-2H3,(H,16,17). The normalized spacial score (nSPS) is 12.1. The third-order valence-corrected chi connectivity index (χ3v) is 4.85. The molecule has 0 saturated carbocycles. The van der Waals surface area contributed by atoms with Gasteiger partial charge in [0.15, 0.2) is 0 Å². The van der Waals surface area contributed by atoms with E-state index in [1.165, 1.54) is 12.1 Å². The molecular weight excluding hydrogens is 284 g/mol. The number of sulfonamides is 1. The number of aliphatic hydroxyl groups excluding tert-OH is 1. The number of anilines is 1. The number of hydrogen-bond acceptors (Lipinski definition) is 5. The molecule has 0 unspecified atom stereocenters. The SMILES string of the molecule is CC(C)N(CCO)S(=O)(=O)c1ccc(N)cc1C(=O)O. The smallest absolute Gasteiger partial charge is 0.337 e. The summed E-state index contributed by atoms with van der Waals surface area (Å²) in [5.41, 5.74) is 5.28. The first-order valence-corrected chi connectivity index (χ1v) is 7.41. The Morgan fingerprint density at radius 2 is 2.00 bits per heavy atom.